The third kappa shape index (κ3) is 5.51. The number of carbonyl (C=O) groups is 1. The molecule has 1 saturated heterocycles. The summed E-state index contributed by atoms with van der Waals surface area (Å²) in [6, 6.07) is 9.48. The van der Waals surface area contributed by atoms with Gasteiger partial charge in [-0.3, -0.25) is 9.67 Å². The van der Waals surface area contributed by atoms with E-state index in [1.54, 1.807) is 10.8 Å². The van der Waals surface area contributed by atoms with Gasteiger partial charge in [-0.05, 0) is 17.2 Å². The van der Waals surface area contributed by atoms with Crippen LogP contribution < -0.4 is 16.4 Å². The molecule has 1 fully saturated rings. The molecule has 0 aliphatic carbocycles. The zero-order valence-corrected chi connectivity index (χ0v) is 20.5. The van der Waals surface area contributed by atoms with Gasteiger partial charge in [-0.2, -0.15) is 16.9 Å². The monoisotopic (exact) mass is 525 g/mol. The van der Waals surface area contributed by atoms with Crippen molar-refractivity contribution in [3.63, 3.8) is 0 Å². The van der Waals surface area contributed by atoms with Crippen LogP contribution >= 0.6 is 11.8 Å². The van der Waals surface area contributed by atoms with Gasteiger partial charge < -0.3 is 31.3 Å². The fraction of sp³-hybridized carbons (Fsp3) is 0.348. The maximum absolute atomic E-state index is 12.1. The number of nitrogens with two attached hydrogens (primary N) is 1. The van der Waals surface area contributed by atoms with E-state index in [0.29, 0.717) is 35.8 Å². The van der Waals surface area contributed by atoms with Crippen molar-refractivity contribution in [2.24, 2.45) is 0 Å². The van der Waals surface area contributed by atoms with Crippen LogP contribution in [0, 0.1) is 0 Å². The van der Waals surface area contributed by atoms with E-state index in [2.05, 4.69) is 35.8 Å². The summed E-state index contributed by atoms with van der Waals surface area (Å²) in [5, 5.41) is 33.5. The molecule has 0 saturated carbocycles. The number of benzene rings is 1. The summed E-state index contributed by atoms with van der Waals surface area (Å²) in [7, 11) is 0. The number of aromatic nitrogens is 6. The highest BCUT2D eigenvalue weighted by atomic mass is 32.2. The molecule has 0 spiro atoms. The van der Waals surface area contributed by atoms with Gasteiger partial charge in [-0.15, -0.1) is 0 Å². The van der Waals surface area contributed by atoms with Crippen molar-refractivity contribution in [3.8, 4) is 11.3 Å². The lowest BCUT2D eigenvalue weighted by atomic mass is 10.1. The van der Waals surface area contributed by atoms with Crippen molar-refractivity contribution < 1.29 is 19.7 Å². The maximum atomic E-state index is 12.1. The molecule has 194 valence electrons. The molecule has 2 amide bonds. The van der Waals surface area contributed by atoms with Gasteiger partial charge in [0.2, 0.25) is 0 Å². The maximum Gasteiger partial charge on any atom is 0.315 e. The molecule has 37 heavy (non-hydrogen) atoms. The van der Waals surface area contributed by atoms with E-state index in [4.69, 9.17) is 10.5 Å². The number of aliphatic hydroxyl groups is 2. The van der Waals surface area contributed by atoms with E-state index >= 15 is 0 Å². The van der Waals surface area contributed by atoms with Gasteiger partial charge in [0.05, 0.1) is 18.1 Å². The van der Waals surface area contributed by atoms with Crippen LogP contribution in [0.1, 0.15) is 11.8 Å². The molecule has 0 radical (unpaired) electrons. The molecule has 3 aromatic heterocycles. The molecule has 14 heteroatoms. The predicted octanol–water partition coefficient (Wildman–Crippen LogP) is 0.650. The molecule has 13 nitrogen and oxygen atoms in total. The highest BCUT2D eigenvalue weighted by molar-refractivity contribution is 7.99. The number of thioether (sulfide) groups is 1. The van der Waals surface area contributed by atoms with Crippen LogP contribution in [0.25, 0.3) is 22.4 Å². The van der Waals surface area contributed by atoms with E-state index in [-0.39, 0.29) is 11.8 Å². The molecule has 4 heterocycles. The molecule has 1 aliphatic rings. The first-order chi connectivity index (χ1) is 18.0. The number of fused-ring (bicyclic) bond motifs is 1. The standard InChI is InChI=1S/C23H27N9O4S/c24-20-17-21(28-11-27-20)32(12-29-17)22-19(34)18(33)16(36-22)10-37-8-7-25-23(35)26-9-13-1-3-14(4-2-13)15-5-6-30-31-15/h1-6,11-12,16,18-19,22,33-34H,7-10H2,(H,30,31)(H2,24,27,28)(H2,25,26,35)/t16-,18-,19-,22-/m1/s1. The van der Waals surface area contributed by atoms with E-state index in [0.717, 1.165) is 16.8 Å². The van der Waals surface area contributed by atoms with Crippen molar-refractivity contribution in [2.45, 2.75) is 31.1 Å². The first-order valence-electron chi connectivity index (χ1n) is 11.6. The van der Waals surface area contributed by atoms with E-state index < -0.39 is 24.5 Å². The Morgan fingerprint density at radius 3 is 2.76 bits per heavy atom. The Balaban J connectivity index is 1.02. The van der Waals surface area contributed by atoms with Gasteiger partial charge in [0.25, 0.3) is 0 Å². The van der Waals surface area contributed by atoms with E-state index in [1.807, 2.05) is 30.3 Å². The number of anilines is 1. The Hall–Kier alpha value is -3.72. The second-order valence-corrected chi connectivity index (χ2v) is 9.63. The van der Waals surface area contributed by atoms with Crippen molar-refractivity contribution >= 4 is 34.8 Å². The van der Waals surface area contributed by atoms with E-state index in [1.165, 1.54) is 24.4 Å². The van der Waals surface area contributed by atoms with Crippen LogP contribution in [0.5, 0.6) is 0 Å². The number of H-pyrrole nitrogens is 1. The number of nitrogen functional groups attached to an aromatic ring is 1. The molecule has 0 unspecified atom stereocenters. The number of rotatable bonds is 9. The number of nitrogens with one attached hydrogen (secondary N) is 3. The summed E-state index contributed by atoms with van der Waals surface area (Å²) in [5.74, 6) is 1.27. The Labute approximate surface area is 215 Å². The average Bonchev–Trinajstić information content (AvgIpc) is 3.65. The number of urea groups is 1. The van der Waals surface area contributed by atoms with E-state index in [9.17, 15) is 15.0 Å². The summed E-state index contributed by atoms with van der Waals surface area (Å²) in [4.78, 5) is 24.4. The molecule has 4 aromatic rings. The van der Waals surface area contributed by atoms with Crippen molar-refractivity contribution in [1.82, 2.24) is 40.3 Å². The fourth-order valence-electron chi connectivity index (χ4n) is 4.05. The minimum atomic E-state index is -1.16. The van der Waals surface area contributed by atoms with Crippen LogP contribution in [0.4, 0.5) is 10.6 Å². The summed E-state index contributed by atoms with van der Waals surface area (Å²) in [6.45, 7) is 0.843. The summed E-state index contributed by atoms with van der Waals surface area (Å²) in [6.07, 6.45) is 0.788. The minimum absolute atomic E-state index is 0.226. The topological polar surface area (TPSA) is 189 Å². The Bertz CT molecular complexity index is 1330. The SMILES string of the molecule is Nc1ncnc2c1ncn2[C@@H]1O[C@H](CSCCNC(=O)NCc2ccc(-c3ccn[nH]3)cc2)[C@@H](O)[C@H]1O. The molecular formula is C23H27N9O4S. The molecule has 7 N–H and O–H groups in total. The minimum Gasteiger partial charge on any atom is -0.387 e. The quantitative estimate of drug-likeness (QED) is 0.169. The average molecular weight is 526 g/mol. The number of hydrogen-bond acceptors (Lipinski definition) is 10. The number of ether oxygens (including phenoxy) is 1. The molecular weight excluding hydrogens is 498 g/mol. The third-order valence-electron chi connectivity index (χ3n) is 6.03. The highest BCUT2D eigenvalue weighted by Crippen LogP contribution is 2.33. The van der Waals surface area contributed by atoms with Gasteiger partial charge >= 0.3 is 6.03 Å². The molecule has 4 atom stereocenters. The number of aliphatic hydroxyl groups excluding tert-OH is 2. The molecule has 1 aliphatic heterocycles. The van der Waals surface area contributed by atoms with Crippen molar-refractivity contribution in [3.05, 3.63) is 54.7 Å². The smallest absolute Gasteiger partial charge is 0.315 e. The lowest BCUT2D eigenvalue weighted by molar-refractivity contribution is -0.0289. The summed E-state index contributed by atoms with van der Waals surface area (Å²) < 4.78 is 7.47. The van der Waals surface area contributed by atoms with Crippen LogP contribution in [0.3, 0.4) is 0 Å². The third-order valence-corrected chi connectivity index (χ3v) is 7.09. The first-order valence-corrected chi connectivity index (χ1v) is 12.8. The molecule has 1 aromatic carbocycles. The fourth-order valence-corrected chi connectivity index (χ4v) is 4.97. The normalized spacial score (nSPS) is 21.4. The predicted molar refractivity (Wildman–Crippen MR) is 137 cm³/mol. The number of nitrogens with zero attached hydrogens (tertiary/aromatic N) is 5. The molecule has 5 rings (SSSR count). The van der Waals surface area contributed by atoms with Gasteiger partial charge in [-0.25, -0.2) is 19.7 Å². The van der Waals surface area contributed by atoms with Crippen molar-refractivity contribution in [2.75, 3.05) is 23.8 Å². The van der Waals surface area contributed by atoms with Crippen molar-refractivity contribution in [1.29, 1.82) is 0 Å². The van der Waals surface area contributed by atoms with Crippen LogP contribution in [-0.4, -0.2) is 82.3 Å². The van der Waals surface area contributed by atoms with Gasteiger partial charge in [-0.1, -0.05) is 24.3 Å². The van der Waals surface area contributed by atoms with Crippen LogP contribution in [-0.2, 0) is 11.3 Å². The zero-order valence-electron chi connectivity index (χ0n) is 19.7. The summed E-state index contributed by atoms with van der Waals surface area (Å²) >= 11 is 1.50. The number of hydrogen-bond donors (Lipinski definition) is 6. The lowest BCUT2D eigenvalue weighted by Gasteiger charge is -2.16. The Kier molecular flexibility index (Phi) is 7.50. The lowest BCUT2D eigenvalue weighted by Crippen LogP contribution is -2.36. The number of aromatic amines is 1. The summed E-state index contributed by atoms with van der Waals surface area (Å²) in [5.41, 5.74) is 9.58. The zero-order chi connectivity index (χ0) is 25.8. The Morgan fingerprint density at radius 2 is 1.97 bits per heavy atom. The second-order valence-electron chi connectivity index (χ2n) is 8.48. The highest BCUT2D eigenvalue weighted by Gasteiger charge is 2.44. The Morgan fingerprint density at radius 1 is 1.14 bits per heavy atom. The van der Waals surface area contributed by atoms with Gasteiger partial charge in [0.15, 0.2) is 17.7 Å². The van der Waals surface area contributed by atoms with Gasteiger partial charge in [0, 0.05) is 30.8 Å². The van der Waals surface area contributed by atoms with Gasteiger partial charge in [0.1, 0.15) is 24.1 Å². The molecule has 0 bridgehead atoms. The first kappa shape index (κ1) is 25.0. The number of carbonyl (C=O) groups excluding carboxylic acids is 1. The van der Waals surface area contributed by atoms with Crippen LogP contribution in [0.2, 0.25) is 0 Å². The number of amides is 2. The second kappa shape index (κ2) is 11.1. The van der Waals surface area contributed by atoms with Crippen LogP contribution in [0.15, 0.2) is 49.2 Å². The number of imidazole rings is 1. The largest absolute Gasteiger partial charge is 0.387 e.